The van der Waals surface area contributed by atoms with Gasteiger partial charge >= 0.3 is 5.97 Å². The fourth-order valence-electron chi connectivity index (χ4n) is 5.02. The zero-order chi connectivity index (χ0) is 23.7. The number of benzene rings is 3. The van der Waals surface area contributed by atoms with Gasteiger partial charge in [-0.1, -0.05) is 54.6 Å². The largest absolute Gasteiger partial charge is 0.481 e. The number of imidazole rings is 1. The van der Waals surface area contributed by atoms with Crippen molar-refractivity contribution in [2.75, 3.05) is 0 Å². The van der Waals surface area contributed by atoms with Crippen LogP contribution < -0.4 is 0 Å². The van der Waals surface area contributed by atoms with Crippen LogP contribution in [0.5, 0.6) is 0 Å². The van der Waals surface area contributed by atoms with Crippen molar-refractivity contribution in [1.29, 1.82) is 0 Å². The maximum atomic E-state index is 11.3. The predicted octanol–water partition coefficient (Wildman–Crippen LogP) is 6.55. The number of nitro benzene ring substituents is 1. The molecule has 0 atom stereocenters. The van der Waals surface area contributed by atoms with Crippen molar-refractivity contribution >= 4 is 22.7 Å². The number of carboxylic acids is 1. The third-order valence-electron chi connectivity index (χ3n) is 6.87. The first-order valence-electron chi connectivity index (χ1n) is 11.5. The molecule has 0 aliphatic heterocycles. The van der Waals surface area contributed by atoms with E-state index >= 15 is 0 Å². The lowest BCUT2D eigenvalue weighted by molar-refractivity contribution is -0.383. The molecular weight excluding hydrogens is 430 g/mol. The molecule has 1 aromatic heterocycles. The lowest BCUT2D eigenvalue weighted by Crippen LogP contribution is -2.16. The second kappa shape index (κ2) is 9.09. The van der Waals surface area contributed by atoms with E-state index in [-0.39, 0.29) is 12.1 Å². The van der Waals surface area contributed by atoms with Gasteiger partial charge in [-0.2, -0.15) is 0 Å². The summed E-state index contributed by atoms with van der Waals surface area (Å²) in [6, 6.07) is 21.5. The van der Waals surface area contributed by atoms with Gasteiger partial charge in [-0.25, -0.2) is 4.98 Å². The first-order chi connectivity index (χ1) is 16.5. The molecule has 0 amide bonds. The summed E-state index contributed by atoms with van der Waals surface area (Å²) in [5, 5.41) is 20.3. The number of carbonyl (C=O) groups is 1. The van der Waals surface area contributed by atoms with Gasteiger partial charge in [-0.05, 0) is 60.3 Å². The van der Waals surface area contributed by atoms with E-state index in [1.807, 2.05) is 24.3 Å². The zero-order valence-electron chi connectivity index (χ0n) is 18.6. The molecule has 0 spiro atoms. The summed E-state index contributed by atoms with van der Waals surface area (Å²) >= 11 is 0. The number of hydrogen-bond acceptors (Lipinski definition) is 4. The van der Waals surface area contributed by atoms with Gasteiger partial charge in [0, 0.05) is 18.1 Å². The molecule has 0 saturated heterocycles. The Balaban J connectivity index is 1.30. The van der Waals surface area contributed by atoms with Gasteiger partial charge in [0.25, 0.3) is 5.69 Å². The second-order valence-corrected chi connectivity index (χ2v) is 9.03. The summed E-state index contributed by atoms with van der Waals surface area (Å²) < 4.78 is 0. The highest BCUT2D eigenvalue weighted by Crippen LogP contribution is 2.37. The first kappa shape index (κ1) is 21.8. The number of aromatic amines is 1. The third-order valence-corrected chi connectivity index (χ3v) is 6.87. The number of rotatable bonds is 6. The van der Waals surface area contributed by atoms with E-state index in [1.165, 1.54) is 11.6 Å². The summed E-state index contributed by atoms with van der Waals surface area (Å²) in [4.78, 5) is 29.4. The lowest BCUT2D eigenvalue weighted by atomic mass is 9.77. The molecule has 5 rings (SSSR count). The Kier molecular flexibility index (Phi) is 5.84. The number of carboxylic acid groups (broad SMARTS) is 1. The number of fused-ring (bicyclic) bond motifs is 1. The second-order valence-electron chi connectivity index (χ2n) is 9.03. The van der Waals surface area contributed by atoms with Crippen LogP contribution in [0.25, 0.3) is 33.5 Å². The number of para-hydroxylation sites is 1. The number of nitrogens with one attached hydrogen (secondary N) is 1. The molecule has 34 heavy (non-hydrogen) atoms. The average Bonchev–Trinajstić information content (AvgIpc) is 3.29. The number of non-ortho nitro benzene ring substituents is 1. The molecule has 1 saturated carbocycles. The van der Waals surface area contributed by atoms with Crippen LogP contribution in [-0.4, -0.2) is 26.0 Å². The number of nitro groups is 1. The van der Waals surface area contributed by atoms with E-state index in [0.29, 0.717) is 28.7 Å². The molecular formula is C27H25N3O4. The number of aromatic nitrogens is 2. The molecule has 1 aliphatic rings. The Hall–Kier alpha value is -4.00. The molecule has 0 unspecified atom stereocenters. The smallest absolute Gasteiger partial charge is 0.303 e. The van der Waals surface area contributed by atoms with Crippen LogP contribution in [0, 0.1) is 16.0 Å². The number of H-pyrrole nitrogens is 1. The number of nitrogens with zero attached hydrogens (tertiary/aromatic N) is 2. The highest BCUT2D eigenvalue weighted by Gasteiger charge is 2.24. The van der Waals surface area contributed by atoms with Crippen molar-refractivity contribution in [3.8, 4) is 22.5 Å². The van der Waals surface area contributed by atoms with Crippen LogP contribution in [0.1, 0.15) is 43.6 Å². The Morgan fingerprint density at radius 1 is 0.941 bits per heavy atom. The quantitative estimate of drug-likeness (QED) is 0.253. The van der Waals surface area contributed by atoms with Gasteiger partial charge in [-0.3, -0.25) is 14.9 Å². The minimum atomic E-state index is -0.694. The highest BCUT2D eigenvalue weighted by molar-refractivity contribution is 5.87. The van der Waals surface area contributed by atoms with Gasteiger partial charge in [-0.15, -0.1) is 0 Å². The monoisotopic (exact) mass is 455 g/mol. The van der Waals surface area contributed by atoms with E-state index in [1.54, 1.807) is 12.1 Å². The molecule has 1 aliphatic carbocycles. The van der Waals surface area contributed by atoms with Crippen LogP contribution >= 0.6 is 0 Å². The van der Waals surface area contributed by atoms with Crippen LogP contribution in [0.3, 0.4) is 0 Å². The van der Waals surface area contributed by atoms with Crippen LogP contribution in [0.2, 0.25) is 0 Å². The SMILES string of the molecule is O=C(O)CC1CCC(c2ccc(-c3ccc(-c4nc5c([N+](=O)[O-])cccc5[nH]4)cc3)cc2)CC1. The minimum Gasteiger partial charge on any atom is -0.481 e. The first-order valence-corrected chi connectivity index (χ1v) is 11.5. The fourth-order valence-corrected chi connectivity index (χ4v) is 5.02. The normalized spacial score (nSPS) is 18.1. The summed E-state index contributed by atoms with van der Waals surface area (Å²) in [6.07, 6.45) is 4.33. The molecule has 7 nitrogen and oxygen atoms in total. The van der Waals surface area contributed by atoms with Crippen molar-refractivity contribution in [2.24, 2.45) is 5.92 Å². The summed E-state index contributed by atoms with van der Waals surface area (Å²) in [7, 11) is 0. The predicted molar refractivity (Wildman–Crippen MR) is 131 cm³/mol. The topological polar surface area (TPSA) is 109 Å². The fraction of sp³-hybridized carbons (Fsp3) is 0.259. The summed E-state index contributed by atoms with van der Waals surface area (Å²) in [6.45, 7) is 0. The van der Waals surface area contributed by atoms with Crippen LogP contribution in [-0.2, 0) is 4.79 Å². The van der Waals surface area contributed by atoms with Crippen molar-refractivity contribution in [3.05, 3.63) is 82.4 Å². The molecule has 7 heteroatoms. The van der Waals surface area contributed by atoms with Gasteiger partial charge in [0.2, 0.25) is 0 Å². The summed E-state index contributed by atoms with van der Waals surface area (Å²) in [5.74, 6) is 0.716. The molecule has 0 radical (unpaired) electrons. The van der Waals surface area contributed by atoms with Crippen LogP contribution in [0.15, 0.2) is 66.7 Å². The molecule has 1 fully saturated rings. The van der Waals surface area contributed by atoms with Crippen molar-refractivity contribution in [1.82, 2.24) is 9.97 Å². The molecule has 0 bridgehead atoms. The van der Waals surface area contributed by atoms with Gasteiger partial charge in [0.1, 0.15) is 5.82 Å². The molecule has 1 heterocycles. The Morgan fingerprint density at radius 3 is 2.18 bits per heavy atom. The van der Waals surface area contributed by atoms with E-state index in [0.717, 1.165) is 42.4 Å². The molecule has 172 valence electrons. The Labute approximate surface area is 196 Å². The van der Waals surface area contributed by atoms with E-state index in [4.69, 9.17) is 5.11 Å². The Bertz CT molecular complexity index is 1330. The van der Waals surface area contributed by atoms with Crippen molar-refractivity contribution in [3.63, 3.8) is 0 Å². The Morgan fingerprint density at radius 2 is 1.56 bits per heavy atom. The third kappa shape index (κ3) is 4.41. The molecule has 3 aromatic carbocycles. The van der Waals surface area contributed by atoms with Crippen LogP contribution in [0.4, 0.5) is 5.69 Å². The maximum Gasteiger partial charge on any atom is 0.303 e. The van der Waals surface area contributed by atoms with E-state index < -0.39 is 10.9 Å². The maximum absolute atomic E-state index is 11.3. The lowest BCUT2D eigenvalue weighted by Gasteiger charge is -2.28. The van der Waals surface area contributed by atoms with Gasteiger partial charge in [0.05, 0.1) is 10.4 Å². The zero-order valence-corrected chi connectivity index (χ0v) is 18.6. The van der Waals surface area contributed by atoms with E-state index in [2.05, 4.69) is 34.2 Å². The minimum absolute atomic E-state index is 0.00733. The van der Waals surface area contributed by atoms with Crippen molar-refractivity contribution in [2.45, 2.75) is 38.0 Å². The van der Waals surface area contributed by atoms with Crippen molar-refractivity contribution < 1.29 is 14.8 Å². The standard InChI is InChI=1S/C27H25N3O4/c31-25(32)16-17-4-6-18(7-5-17)19-8-10-20(11-9-19)21-12-14-22(15-13-21)27-28-23-2-1-3-24(30(33)34)26(23)29-27/h1-3,8-15,17-18H,4-7,16H2,(H,28,29)(H,31,32). The van der Waals surface area contributed by atoms with E-state index in [9.17, 15) is 14.9 Å². The summed E-state index contributed by atoms with van der Waals surface area (Å²) in [5.41, 5.74) is 5.38. The molecule has 2 N–H and O–H groups in total. The highest BCUT2D eigenvalue weighted by atomic mass is 16.6. The average molecular weight is 456 g/mol. The van der Waals surface area contributed by atoms with Gasteiger partial charge < -0.3 is 10.1 Å². The molecule has 4 aromatic rings. The number of hydrogen-bond donors (Lipinski definition) is 2. The number of aliphatic carboxylic acids is 1. The van der Waals surface area contributed by atoms with Gasteiger partial charge in [0.15, 0.2) is 5.52 Å².